The number of phenols is 1. The fourth-order valence-corrected chi connectivity index (χ4v) is 6.01. The minimum absolute atomic E-state index is 0.0123. The van der Waals surface area contributed by atoms with Crippen LogP contribution in [0.2, 0.25) is 10.0 Å². The summed E-state index contributed by atoms with van der Waals surface area (Å²) in [5, 5.41) is 14.5. The van der Waals surface area contributed by atoms with E-state index in [1.165, 1.54) is 0 Å². The number of aryl methyl sites for hydroxylation is 1. The van der Waals surface area contributed by atoms with Crippen molar-refractivity contribution < 1.29 is 28.6 Å². The SMILES string of the molecule is CCOC(=O)c1c(C)oc2c1c(C(c1ccc(Cl)cc1Cl)N1CCN(C(=O)OCC)CC1)c(O)c1ccccc12. The number of aromatic hydroxyl groups is 1. The van der Waals surface area contributed by atoms with E-state index in [1.54, 1.807) is 37.8 Å². The molecule has 1 unspecified atom stereocenters. The first-order chi connectivity index (χ1) is 19.3. The van der Waals surface area contributed by atoms with Crippen molar-refractivity contribution in [1.29, 1.82) is 0 Å². The van der Waals surface area contributed by atoms with Gasteiger partial charge in [-0.3, -0.25) is 4.90 Å². The van der Waals surface area contributed by atoms with Crippen LogP contribution in [0, 0.1) is 6.92 Å². The van der Waals surface area contributed by atoms with Gasteiger partial charge in [-0.15, -0.1) is 0 Å². The zero-order valence-corrected chi connectivity index (χ0v) is 24.0. The van der Waals surface area contributed by atoms with E-state index in [4.69, 9.17) is 37.1 Å². The minimum Gasteiger partial charge on any atom is -0.507 e. The second-order valence-electron chi connectivity index (χ2n) is 9.56. The smallest absolute Gasteiger partial charge is 0.409 e. The summed E-state index contributed by atoms with van der Waals surface area (Å²) in [6, 6.07) is 12.0. The van der Waals surface area contributed by atoms with E-state index < -0.39 is 12.0 Å². The molecule has 0 saturated carbocycles. The van der Waals surface area contributed by atoms with E-state index in [1.807, 2.05) is 30.3 Å². The average molecular weight is 585 g/mol. The molecule has 5 rings (SSSR count). The summed E-state index contributed by atoms with van der Waals surface area (Å²) >= 11 is 13.1. The first-order valence-electron chi connectivity index (χ1n) is 13.2. The Bertz CT molecular complexity index is 1590. The number of esters is 1. The fourth-order valence-electron chi connectivity index (χ4n) is 5.49. The van der Waals surface area contributed by atoms with Gasteiger partial charge in [0, 0.05) is 57.9 Å². The third kappa shape index (κ3) is 4.96. The summed E-state index contributed by atoms with van der Waals surface area (Å²) in [5.41, 5.74) is 1.90. The number of carbonyl (C=O) groups is 2. The molecule has 4 aromatic rings. The van der Waals surface area contributed by atoms with Crippen LogP contribution >= 0.6 is 23.2 Å². The highest BCUT2D eigenvalue weighted by atomic mass is 35.5. The van der Waals surface area contributed by atoms with Crippen LogP contribution in [0.5, 0.6) is 5.75 Å². The molecule has 10 heteroatoms. The van der Waals surface area contributed by atoms with Gasteiger partial charge in [0.1, 0.15) is 22.7 Å². The number of halogens is 2. The molecule has 3 aromatic carbocycles. The van der Waals surface area contributed by atoms with Crippen LogP contribution in [0.3, 0.4) is 0 Å². The molecule has 1 saturated heterocycles. The van der Waals surface area contributed by atoms with Gasteiger partial charge in [0.2, 0.25) is 0 Å². The Morgan fingerprint density at radius 3 is 2.33 bits per heavy atom. The molecule has 2 heterocycles. The van der Waals surface area contributed by atoms with Crippen molar-refractivity contribution in [3.8, 4) is 5.75 Å². The Morgan fingerprint density at radius 2 is 1.68 bits per heavy atom. The molecule has 1 aliphatic heterocycles. The van der Waals surface area contributed by atoms with Crippen LogP contribution in [0.1, 0.15) is 47.1 Å². The van der Waals surface area contributed by atoms with Crippen LogP contribution in [-0.4, -0.2) is 66.4 Å². The molecule has 1 aliphatic rings. The average Bonchev–Trinajstić information content (AvgIpc) is 3.29. The Kier molecular flexibility index (Phi) is 8.12. The van der Waals surface area contributed by atoms with Crippen LogP contribution < -0.4 is 0 Å². The molecule has 0 bridgehead atoms. The first-order valence-corrected chi connectivity index (χ1v) is 14.0. The number of nitrogens with zero attached hydrogens (tertiary/aromatic N) is 2. The van der Waals surface area contributed by atoms with Crippen LogP contribution in [0.15, 0.2) is 46.9 Å². The molecule has 1 atom stereocenters. The molecular formula is C30H30Cl2N2O6. The lowest BCUT2D eigenvalue weighted by atomic mass is 9.88. The van der Waals surface area contributed by atoms with Crippen molar-refractivity contribution in [3.63, 3.8) is 0 Å². The van der Waals surface area contributed by atoms with Crippen molar-refractivity contribution in [3.05, 3.63) is 75.0 Å². The Labute approximate surface area is 241 Å². The number of ether oxygens (including phenoxy) is 2. The van der Waals surface area contributed by atoms with E-state index in [0.717, 1.165) is 0 Å². The summed E-state index contributed by atoms with van der Waals surface area (Å²) in [7, 11) is 0. The zero-order chi connectivity index (χ0) is 28.6. The van der Waals surface area contributed by atoms with Gasteiger partial charge in [-0.2, -0.15) is 0 Å². The number of furan rings is 1. The first kappa shape index (κ1) is 28.1. The molecule has 1 fully saturated rings. The zero-order valence-electron chi connectivity index (χ0n) is 22.5. The lowest BCUT2D eigenvalue weighted by molar-refractivity contribution is 0.0525. The maximum atomic E-state index is 13.3. The Balaban J connectivity index is 1.78. The molecule has 1 N–H and O–H groups in total. The minimum atomic E-state index is -0.605. The number of carbonyl (C=O) groups excluding carboxylic acids is 2. The third-order valence-corrected chi connectivity index (χ3v) is 7.81. The van der Waals surface area contributed by atoms with Crippen molar-refractivity contribution in [2.45, 2.75) is 26.8 Å². The highest BCUT2D eigenvalue weighted by molar-refractivity contribution is 6.35. The topological polar surface area (TPSA) is 92.5 Å². The van der Waals surface area contributed by atoms with Crippen LogP contribution in [-0.2, 0) is 9.47 Å². The van der Waals surface area contributed by atoms with Gasteiger partial charge in [-0.05, 0) is 38.5 Å². The molecule has 0 aliphatic carbocycles. The highest BCUT2D eigenvalue weighted by Crippen LogP contribution is 2.48. The number of hydrogen-bond donors (Lipinski definition) is 1. The van der Waals surface area contributed by atoms with Crippen molar-refractivity contribution >= 4 is 57.0 Å². The Morgan fingerprint density at radius 1 is 1.00 bits per heavy atom. The quantitative estimate of drug-likeness (QED) is 0.245. The van der Waals surface area contributed by atoms with E-state index in [9.17, 15) is 14.7 Å². The highest BCUT2D eigenvalue weighted by Gasteiger charge is 2.36. The number of hydrogen-bond acceptors (Lipinski definition) is 7. The normalized spacial score (nSPS) is 15.0. The monoisotopic (exact) mass is 584 g/mol. The molecule has 40 heavy (non-hydrogen) atoms. The van der Waals surface area contributed by atoms with Crippen molar-refractivity contribution in [2.24, 2.45) is 0 Å². The van der Waals surface area contributed by atoms with E-state index in [-0.39, 0.29) is 24.0 Å². The summed E-state index contributed by atoms with van der Waals surface area (Å²) < 4.78 is 16.8. The van der Waals surface area contributed by atoms with Gasteiger partial charge in [0.15, 0.2) is 0 Å². The lowest BCUT2D eigenvalue weighted by Crippen LogP contribution is -2.50. The summed E-state index contributed by atoms with van der Waals surface area (Å²) in [5.74, 6) is -0.139. The summed E-state index contributed by atoms with van der Waals surface area (Å²) in [4.78, 5) is 29.5. The third-order valence-electron chi connectivity index (χ3n) is 7.25. The largest absolute Gasteiger partial charge is 0.507 e. The summed E-state index contributed by atoms with van der Waals surface area (Å²) in [6.07, 6.45) is -0.366. The number of phenolic OH excluding ortho intramolecular Hbond substituents is 1. The van der Waals surface area contributed by atoms with Gasteiger partial charge in [-0.1, -0.05) is 53.5 Å². The van der Waals surface area contributed by atoms with E-state index >= 15 is 0 Å². The second-order valence-corrected chi connectivity index (χ2v) is 10.4. The number of piperazine rings is 1. The number of rotatable bonds is 6. The molecule has 210 valence electrons. The lowest BCUT2D eigenvalue weighted by Gasteiger charge is -2.40. The molecular weight excluding hydrogens is 555 g/mol. The molecule has 1 aromatic heterocycles. The number of amides is 1. The standard InChI is InChI=1S/C30H30Cl2N2O6/c1-4-38-29(36)23-17(3)40-28-20-9-7-6-8-19(20)27(35)25(24(23)28)26(21-11-10-18(31)16-22(21)32)33-12-14-34(15-13-33)30(37)39-5-2/h6-11,16,26,35H,4-5,12-15H2,1-3H3. The van der Waals surface area contributed by atoms with E-state index in [0.29, 0.717) is 81.5 Å². The van der Waals surface area contributed by atoms with E-state index in [2.05, 4.69) is 4.90 Å². The molecule has 1 amide bonds. The number of fused-ring (bicyclic) bond motifs is 3. The molecule has 0 radical (unpaired) electrons. The Hall–Kier alpha value is -3.46. The number of benzene rings is 3. The van der Waals surface area contributed by atoms with Gasteiger partial charge < -0.3 is 23.9 Å². The predicted molar refractivity (Wildman–Crippen MR) is 155 cm³/mol. The van der Waals surface area contributed by atoms with Gasteiger partial charge in [0.25, 0.3) is 0 Å². The second kappa shape index (κ2) is 11.6. The predicted octanol–water partition coefficient (Wildman–Crippen LogP) is 6.95. The molecule has 8 nitrogen and oxygen atoms in total. The van der Waals surface area contributed by atoms with Gasteiger partial charge in [0.05, 0.1) is 19.3 Å². The van der Waals surface area contributed by atoms with Crippen LogP contribution in [0.4, 0.5) is 4.79 Å². The fraction of sp³-hybridized carbons (Fsp3) is 0.333. The molecule has 0 spiro atoms. The van der Waals surface area contributed by atoms with Gasteiger partial charge in [-0.25, -0.2) is 9.59 Å². The van der Waals surface area contributed by atoms with Gasteiger partial charge >= 0.3 is 12.1 Å². The van der Waals surface area contributed by atoms with Crippen molar-refractivity contribution in [1.82, 2.24) is 9.80 Å². The maximum absolute atomic E-state index is 13.3. The van der Waals surface area contributed by atoms with Crippen LogP contribution in [0.25, 0.3) is 21.7 Å². The maximum Gasteiger partial charge on any atom is 0.409 e. The van der Waals surface area contributed by atoms with Crippen molar-refractivity contribution in [2.75, 3.05) is 39.4 Å². The summed E-state index contributed by atoms with van der Waals surface area (Å²) in [6.45, 7) is 7.44.